The first kappa shape index (κ1) is 14.2. The van der Waals surface area contributed by atoms with E-state index in [4.69, 9.17) is 0 Å². The third kappa shape index (κ3) is 3.91. The molecule has 1 unspecified atom stereocenters. The zero-order valence-electron chi connectivity index (χ0n) is 10.8. The summed E-state index contributed by atoms with van der Waals surface area (Å²) in [6.45, 7) is -0.951. The average molecular weight is 281 g/mol. The minimum absolute atomic E-state index is 0.0857. The number of halogens is 3. The maximum Gasteiger partial charge on any atom is 0.387 e. The lowest BCUT2D eigenvalue weighted by atomic mass is 10.1. The van der Waals surface area contributed by atoms with Crippen molar-refractivity contribution in [2.24, 2.45) is 0 Å². The number of rotatable bonds is 5. The van der Waals surface area contributed by atoms with Crippen molar-refractivity contribution in [3.05, 3.63) is 59.9 Å². The molecule has 0 aliphatic carbocycles. The normalized spacial score (nSPS) is 12.2. The van der Waals surface area contributed by atoms with Crippen LogP contribution in [0.15, 0.2) is 48.5 Å². The highest BCUT2D eigenvalue weighted by molar-refractivity contribution is 5.49. The van der Waals surface area contributed by atoms with Crippen LogP contribution in [0.4, 0.5) is 18.9 Å². The molecular formula is C15H14F3NO. The molecule has 0 saturated carbocycles. The van der Waals surface area contributed by atoms with Gasteiger partial charge in [0.2, 0.25) is 0 Å². The Kier molecular flexibility index (Phi) is 4.50. The van der Waals surface area contributed by atoms with Crippen LogP contribution in [0, 0.1) is 5.82 Å². The monoisotopic (exact) mass is 281 g/mol. The summed E-state index contributed by atoms with van der Waals surface area (Å²) in [6.07, 6.45) is 0. The number of hydrogen-bond donors (Lipinski definition) is 1. The van der Waals surface area contributed by atoms with Gasteiger partial charge in [0.15, 0.2) is 0 Å². The highest BCUT2D eigenvalue weighted by atomic mass is 19.3. The van der Waals surface area contributed by atoms with Gasteiger partial charge in [-0.2, -0.15) is 8.78 Å². The van der Waals surface area contributed by atoms with E-state index in [0.717, 1.165) is 5.56 Å². The maximum atomic E-state index is 12.8. The second-order valence-electron chi connectivity index (χ2n) is 4.32. The van der Waals surface area contributed by atoms with Gasteiger partial charge < -0.3 is 10.1 Å². The summed E-state index contributed by atoms with van der Waals surface area (Å²) < 4.78 is 41.5. The van der Waals surface area contributed by atoms with Crippen molar-refractivity contribution in [3.63, 3.8) is 0 Å². The number of hydrogen-bond acceptors (Lipinski definition) is 2. The molecule has 0 bridgehead atoms. The van der Waals surface area contributed by atoms with Crippen LogP contribution in [-0.2, 0) is 0 Å². The van der Waals surface area contributed by atoms with Crippen molar-refractivity contribution in [3.8, 4) is 5.75 Å². The molecule has 20 heavy (non-hydrogen) atoms. The van der Waals surface area contributed by atoms with Crippen LogP contribution >= 0.6 is 0 Å². The van der Waals surface area contributed by atoms with Crippen LogP contribution in [0.5, 0.6) is 5.75 Å². The van der Waals surface area contributed by atoms with Gasteiger partial charge in [0.25, 0.3) is 0 Å². The molecule has 2 nitrogen and oxygen atoms in total. The van der Waals surface area contributed by atoms with Gasteiger partial charge in [-0.3, -0.25) is 0 Å². The first-order chi connectivity index (χ1) is 9.54. The topological polar surface area (TPSA) is 21.3 Å². The lowest BCUT2D eigenvalue weighted by Gasteiger charge is -2.16. The third-order valence-corrected chi connectivity index (χ3v) is 2.81. The van der Waals surface area contributed by atoms with E-state index in [0.29, 0.717) is 5.69 Å². The van der Waals surface area contributed by atoms with Crippen molar-refractivity contribution in [2.75, 3.05) is 5.32 Å². The Morgan fingerprint density at radius 2 is 1.75 bits per heavy atom. The fourth-order valence-electron chi connectivity index (χ4n) is 1.85. The van der Waals surface area contributed by atoms with Crippen molar-refractivity contribution >= 4 is 5.69 Å². The number of nitrogens with one attached hydrogen (secondary N) is 1. The average Bonchev–Trinajstić information content (AvgIpc) is 2.39. The standard InChI is InChI=1S/C15H14F3NO/c1-10(11-5-7-12(16)8-6-11)19-13-3-2-4-14(9-13)20-15(17)18/h2-10,15,19H,1H3. The van der Waals surface area contributed by atoms with Crippen LogP contribution < -0.4 is 10.1 Å². The molecule has 0 radical (unpaired) electrons. The highest BCUT2D eigenvalue weighted by Gasteiger charge is 2.08. The molecule has 0 aliphatic heterocycles. The first-order valence-electron chi connectivity index (χ1n) is 6.11. The first-order valence-corrected chi connectivity index (χ1v) is 6.11. The third-order valence-electron chi connectivity index (χ3n) is 2.81. The molecule has 1 atom stereocenters. The molecule has 1 N–H and O–H groups in total. The zero-order chi connectivity index (χ0) is 14.5. The maximum absolute atomic E-state index is 12.8. The van der Waals surface area contributed by atoms with E-state index >= 15 is 0 Å². The Labute approximate surface area is 115 Å². The molecule has 0 spiro atoms. The quantitative estimate of drug-likeness (QED) is 0.864. The van der Waals surface area contributed by atoms with Gasteiger partial charge in [0.1, 0.15) is 11.6 Å². The number of anilines is 1. The van der Waals surface area contributed by atoms with E-state index in [-0.39, 0.29) is 17.6 Å². The van der Waals surface area contributed by atoms with Crippen molar-refractivity contribution in [2.45, 2.75) is 19.6 Å². The molecular weight excluding hydrogens is 267 g/mol. The predicted octanol–water partition coefficient (Wildman–Crippen LogP) is 4.60. The van der Waals surface area contributed by atoms with E-state index in [1.807, 2.05) is 6.92 Å². The highest BCUT2D eigenvalue weighted by Crippen LogP contribution is 2.23. The van der Waals surface area contributed by atoms with Crippen molar-refractivity contribution in [1.29, 1.82) is 0 Å². The lowest BCUT2D eigenvalue weighted by Crippen LogP contribution is -2.07. The van der Waals surface area contributed by atoms with E-state index in [2.05, 4.69) is 10.1 Å². The molecule has 0 fully saturated rings. The summed E-state index contributed by atoms with van der Waals surface area (Å²) in [4.78, 5) is 0. The fourth-order valence-corrected chi connectivity index (χ4v) is 1.85. The molecule has 0 aromatic heterocycles. The van der Waals surface area contributed by atoms with E-state index in [9.17, 15) is 13.2 Å². The summed E-state index contributed by atoms with van der Waals surface area (Å²) in [5.41, 5.74) is 1.55. The lowest BCUT2D eigenvalue weighted by molar-refractivity contribution is -0.0498. The number of ether oxygens (including phenoxy) is 1. The van der Waals surface area contributed by atoms with Crippen LogP contribution in [0.1, 0.15) is 18.5 Å². The largest absolute Gasteiger partial charge is 0.435 e. The second kappa shape index (κ2) is 6.32. The molecule has 2 aromatic carbocycles. The van der Waals surface area contributed by atoms with Gasteiger partial charge in [-0.25, -0.2) is 4.39 Å². The molecule has 0 amide bonds. The Balaban J connectivity index is 2.07. The van der Waals surface area contributed by atoms with Gasteiger partial charge >= 0.3 is 6.61 Å². The summed E-state index contributed by atoms with van der Waals surface area (Å²) >= 11 is 0. The van der Waals surface area contributed by atoms with Gasteiger partial charge in [0, 0.05) is 17.8 Å². The van der Waals surface area contributed by atoms with Gasteiger partial charge in [0.05, 0.1) is 0 Å². The van der Waals surface area contributed by atoms with E-state index in [1.54, 1.807) is 24.3 Å². The summed E-state index contributed by atoms with van der Waals surface area (Å²) in [7, 11) is 0. The minimum Gasteiger partial charge on any atom is -0.435 e. The SMILES string of the molecule is CC(Nc1cccc(OC(F)F)c1)c1ccc(F)cc1. The Bertz CT molecular complexity index is 557. The van der Waals surface area contributed by atoms with Gasteiger partial charge in [-0.15, -0.1) is 0 Å². The summed E-state index contributed by atoms with van der Waals surface area (Å²) in [5.74, 6) is -0.204. The van der Waals surface area contributed by atoms with Gasteiger partial charge in [-0.05, 0) is 36.8 Å². The molecule has 0 aliphatic rings. The predicted molar refractivity (Wildman–Crippen MR) is 71.5 cm³/mol. The zero-order valence-corrected chi connectivity index (χ0v) is 10.8. The molecule has 5 heteroatoms. The fraction of sp³-hybridized carbons (Fsp3) is 0.200. The van der Waals surface area contributed by atoms with Crippen molar-refractivity contribution in [1.82, 2.24) is 0 Å². The molecule has 2 aromatic rings. The Hall–Kier alpha value is -2.17. The van der Waals surface area contributed by atoms with Crippen LogP contribution in [0.2, 0.25) is 0 Å². The van der Waals surface area contributed by atoms with Crippen molar-refractivity contribution < 1.29 is 17.9 Å². The summed E-state index contributed by atoms with van der Waals surface area (Å²) in [5, 5.41) is 3.14. The Morgan fingerprint density at radius 3 is 2.40 bits per heavy atom. The minimum atomic E-state index is -2.85. The molecule has 0 heterocycles. The second-order valence-corrected chi connectivity index (χ2v) is 4.32. The number of alkyl halides is 2. The molecule has 0 saturated heterocycles. The van der Waals surface area contributed by atoms with E-state index < -0.39 is 6.61 Å². The van der Waals surface area contributed by atoms with Gasteiger partial charge in [-0.1, -0.05) is 18.2 Å². The molecule has 2 rings (SSSR count). The van der Waals surface area contributed by atoms with Crippen LogP contribution in [0.3, 0.4) is 0 Å². The van der Waals surface area contributed by atoms with E-state index in [1.165, 1.54) is 24.3 Å². The molecule has 106 valence electrons. The van der Waals surface area contributed by atoms with Crippen LogP contribution in [0.25, 0.3) is 0 Å². The smallest absolute Gasteiger partial charge is 0.387 e. The summed E-state index contributed by atoms with van der Waals surface area (Å²) in [6, 6.07) is 12.3. The van der Waals surface area contributed by atoms with Crippen LogP contribution in [-0.4, -0.2) is 6.61 Å². The number of benzene rings is 2. The Morgan fingerprint density at radius 1 is 1.05 bits per heavy atom.